The Labute approximate surface area is 126 Å². The first-order chi connectivity index (χ1) is 9.95. The van der Waals surface area contributed by atoms with E-state index >= 15 is 0 Å². The second-order valence-electron chi connectivity index (χ2n) is 7.31. The summed E-state index contributed by atoms with van der Waals surface area (Å²) in [6, 6.07) is 3.85. The third kappa shape index (κ3) is 2.89. The fraction of sp³-hybridized carbons (Fsp3) is 0.647. The topological polar surface area (TPSA) is 42.4 Å². The third-order valence-corrected chi connectivity index (χ3v) is 4.64. The van der Waals surface area contributed by atoms with Gasteiger partial charge >= 0.3 is 0 Å². The van der Waals surface area contributed by atoms with Crippen molar-refractivity contribution in [1.29, 1.82) is 0 Å². The van der Waals surface area contributed by atoms with Crippen LogP contribution in [-0.4, -0.2) is 35.0 Å². The van der Waals surface area contributed by atoms with Crippen molar-refractivity contribution in [2.24, 2.45) is 17.3 Å². The van der Waals surface area contributed by atoms with Crippen molar-refractivity contribution in [3.8, 4) is 5.75 Å². The highest BCUT2D eigenvalue weighted by atomic mass is 16.5. The van der Waals surface area contributed by atoms with Gasteiger partial charge in [0.1, 0.15) is 11.9 Å². The maximum Gasteiger partial charge on any atom is 0.227 e. The summed E-state index contributed by atoms with van der Waals surface area (Å²) in [6.07, 6.45) is 5.98. The van der Waals surface area contributed by atoms with Crippen LogP contribution in [0.2, 0.25) is 0 Å². The molecule has 21 heavy (non-hydrogen) atoms. The fourth-order valence-corrected chi connectivity index (χ4v) is 3.59. The smallest absolute Gasteiger partial charge is 0.227 e. The first kappa shape index (κ1) is 14.4. The highest BCUT2D eigenvalue weighted by Gasteiger charge is 2.46. The lowest BCUT2D eigenvalue weighted by Gasteiger charge is -2.27. The molecule has 1 saturated carbocycles. The molecule has 2 fully saturated rings. The molecule has 3 rings (SSSR count). The van der Waals surface area contributed by atoms with Crippen LogP contribution in [0.1, 0.15) is 33.6 Å². The van der Waals surface area contributed by atoms with Gasteiger partial charge in [-0.2, -0.15) is 0 Å². The van der Waals surface area contributed by atoms with Gasteiger partial charge in [0.05, 0.1) is 6.20 Å². The summed E-state index contributed by atoms with van der Waals surface area (Å²) < 4.78 is 6.10. The Balaban J connectivity index is 1.65. The molecule has 0 N–H and O–H groups in total. The molecule has 0 bridgehead atoms. The molecule has 1 saturated heterocycles. The first-order valence-electron chi connectivity index (χ1n) is 7.81. The largest absolute Gasteiger partial charge is 0.488 e. The zero-order chi connectivity index (χ0) is 15.0. The van der Waals surface area contributed by atoms with E-state index in [1.54, 1.807) is 12.4 Å². The number of fused-ring (bicyclic) bond motifs is 1. The van der Waals surface area contributed by atoms with Crippen LogP contribution in [0.3, 0.4) is 0 Å². The number of hydrogen-bond acceptors (Lipinski definition) is 3. The Morgan fingerprint density at radius 1 is 1.33 bits per heavy atom. The lowest BCUT2D eigenvalue weighted by Crippen LogP contribution is -2.39. The minimum atomic E-state index is -0.293. The maximum atomic E-state index is 12.4. The second-order valence-corrected chi connectivity index (χ2v) is 7.31. The van der Waals surface area contributed by atoms with Crippen LogP contribution in [0.4, 0.5) is 0 Å². The predicted molar refractivity (Wildman–Crippen MR) is 80.9 cm³/mol. The summed E-state index contributed by atoms with van der Waals surface area (Å²) >= 11 is 0. The van der Waals surface area contributed by atoms with Crippen LogP contribution in [-0.2, 0) is 4.79 Å². The summed E-state index contributed by atoms with van der Waals surface area (Å²) in [5, 5.41) is 0. The quantitative estimate of drug-likeness (QED) is 0.840. The van der Waals surface area contributed by atoms with Crippen LogP contribution in [0.25, 0.3) is 0 Å². The van der Waals surface area contributed by atoms with Gasteiger partial charge in [0.2, 0.25) is 5.91 Å². The number of carbonyl (C=O) groups is 1. The van der Waals surface area contributed by atoms with E-state index in [2.05, 4.69) is 4.98 Å². The molecule has 2 heterocycles. The minimum absolute atomic E-state index is 0.219. The van der Waals surface area contributed by atoms with Crippen molar-refractivity contribution in [1.82, 2.24) is 9.88 Å². The van der Waals surface area contributed by atoms with E-state index in [9.17, 15) is 4.79 Å². The number of pyridine rings is 1. The molecule has 0 aromatic carbocycles. The predicted octanol–water partition coefficient (Wildman–Crippen LogP) is 2.74. The first-order valence-corrected chi connectivity index (χ1v) is 7.81. The number of hydrogen-bond donors (Lipinski definition) is 0. The average Bonchev–Trinajstić information content (AvgIpc) is 3.00. The number of ether oxygens (including phenoxy) is 1. The zero-order valence-corrected chi connectivity index (χ0v) is 13.1. The molecule has 0 radical (unpaired) electrons. The van der Waals surface area contributed by atoms with Crippen molar-refractivity contribution in [2.75, 3.05) is 13.1 Å². The molecule has 4 nitrogen and oxygen atoms in total. The van der Waals surface area contributed by atoms with E-state index in [0.29, 0.717) is 11.8 Å². The molecule has 4 heteroatoms. The molecular formula is C17H24N2O2. The molecule has 1 aromatic rings. The monoisotopic (exact) mass is 288 g/mol. The molecule has 1 aliphatic carbocycles. The molecule has 0 unspecified atom stereocenters. The van der Waals surface area contributed by atoms with Gasteiger partial charge < -0.3 is 9.64 Å². The number of amides is 1. The lowest BCUT2D eigenvalue weighted by molar-refractivity contribution is -0.138. The average molecular weight is 288 g/mol. The highest BCUT2D eigenvalue weighted by molar-refractivity contribution is 5.81. The summed E-state index contributed by atoms with van der Waals surface area (Å²) in [4.78, 5) is 18.6. The Bertz CT molecular complexity index is 509. The maximum absolute atomic E-state index is 12.4. The molecule has 2 aliphatic rings. The molecule has 3 atom stereocenters. The van der Waals surface area contributed by atoms with Crippen LogP contribution in [0, 0.1) is 17.3 Å². The number of nitrogens with zero attached hydrogens (tertiary/aromatic N) is 2. The highest BCUT2D eigenvalue weighted by Crippen LogP contribution is 2.41. The number of likely N-dealkylation sites (tertiary alicyclic amines) is 1. The van der Waals surface area contributed by atoms with Crippen molar-refractivity contribution >= 4 is 5.91 Å². The number of rotatable bonds is 2. The van der Waals surface area contributed by atoms with E-state index in [4.69, 9.17) is 4.74 Å². The van der Waals surface area contributed by atoms with Crippen LogP contribution < -0.4 is 4.74 Å². The normalized spacial score (nSPS) is 28.5. The van der Waals surface area contributed by atoms with E-state index in [1.807, 2.05) is 37.8 Å². The van der Waals surface area contributed by atoms with Crippen molar-refractivity contribution in [2.45, 2.75) is 39.7 Å². The van der Waals surface area contributed by atoms with Gasteiger partial charge in [0.25, 0.3) is 0 Å². The van der Waals surface area contributed by atoms with Gasteiger partial charge in [-0.3, -0.25) is 9.78 Å². The van der Waals surface area contributed by atoms with E-state index in [-0.39, 0.29) is 17.4 Å². The Kier molecular flexibility index (Phi) is 3.64. The standard InChI is InChI=1S/C17H24N2O2/c1-17(2,3)16(20)19-10-12-6-7-15(14(12)11-19)21-13-5-4-8-18-9-13/h4-5,8-9,12,14-15H,6-7,10-11H2,1-3H3/t12-,14+,15-/m1/s1. The third-order valence-electron chi connectivity index (χ3n) is 4.64. The summed E-state index contributed by atoms with van der Waals surface area (Å²) in [7, 11) is 0. The fourth-order valence-electron chi connectivity index (χ4n) is 3.59. The second kappa shape index (κ2) is 5.32. The zero-order valence-electron chi connectivity index (χ0n) is 13.1. The number of carbonyl (C=O) groups excluding carboxylic acids is 1. The Morgan fingerprint density at radius 2 is 2.14 bits per heavy atom. The van der Waals surface area contributed by atoms with E-state index in [0.717, 1.165) is 31.7 Å². The van der Waals surface area contributed by atoms with Gasteiger partial charge in [-0.05, 0) is 30.9 Å². The van der Waals surface area contributed by atoms with E-state index < -0.39 is 0 Å². The van der Waals surface area contributed by atoms with E-state index in [1.165, 1.54) is 0 Å². The van der Waals surface area contributed by atoms with Crippen LogP contribution in [0.5, 0.6) is 5.75 Å². The van der Waals surface area contributed by atoms with Gasteiger partial charge in [-0.1, -0.05) is 20.8 Å². The van der Waals surface area contributed by atoms with Gasteiger partial charge in [0.15, 0.2) is 0 Å². The number of aromatic nitrogens is 1. The van der Waals surface area contributed by atoms with Gasteiger partial charge in [-0.25, -0.2) is 0 Å². The van der Waals surface area contributed by atoms with Crippen LogP contribution >= 0.6 is 0 Å². The molecule has 0 spiro atoms. The minimum Gasteiger partial charge on any atom is -0.488 e. The SMILES string of the molecule is CC(C)(C)C(=O)N1C[C@H]2CC[C@@H](Oc3cccnc3)[C@H]2C1. The van der Waals surface area contributed by atoms with Gasteiger partial charge in [0, 0.05) is 30.6 Å². The summed E-state index contributed by atoms with van der Waals surface area (Å²) in [5.41, 5.74) is -0.293. The van der Waals surface area contributed by atoms with Crippen molar-refractivity contribution < 1.29 is 9.53 Å². The lowest BCUT2D eigenvalue weighted by atomic mass is 9.95. The Morgan fingerprint density at radius 3 is 2.81 bits per heavy atom. The molecule has 1 aromatic heterocycles. The van der Waals surface area contributed by atoms with Crippen molar-refractivity contribution in [3.05, 3.63) is 24.5 Å². The molecule has 1 aliphatic heterocycles. The molecule has 114 valence electrons. The summed E-state index contributed by atoms with van der Waals surface area (Å²) in [6.45, 7) is 7.71. The van der Waals surface area contributed by atoms with Crippen molar-refractivity contribution in [3.63, 3.8) is 0 Å². The summed E-state index contributed by atoms with van der Waals surface area (Å²) in [5.74, 6) is 2.16. The Hall–Kier alpha value is -1.58. The molecule has 1 amide bonds. The van der Waals surface area contributed by atoms with Gasteiger partial charge in [-0.15, -0.1) is 0 Å². The van der Waals surface area contributed by atoms with Crippen LogP contribution in [0.15, 0.2) is 24.5 Å². The molecular weight excluding hydrogens is 264 g/mol.